The minimum absolute atomic E-state index is 0.0157. The van der Waals surface area contributed by atoms with Crippen LogP contribution in [0.2, 0.25) is 0 Å². The SMILES string of the molecule is CC(O)COc1cccc2c1CC(=O)N2.CCO.O=C(O)/C=C/C(=O)O. The molecule has 2 rings (SSSR count). The minimum Gasteiger partial charge on any atom is -0.491 e. The summed E-state index contributed by atoms with van der Waals surface area (Å²) in [4.78, 5) is 30.3. The molecule has 1 heterocycles. The molecule has 0 bridgehead atoms. The molecule has 144 valence electrons. The van der Waals surface area contributed by atoms with Crippen LogP contribution in [0.1, 0.15) is 19.4 Å². The van der Waals surface area contributed by atoms with E-state index >= 15 is 0 Å². The van der Waals surface area contributed by atoms with E-state index in [1.54, 1.807) is 13.8 Å². The molecule has 1 amide bonds. The van der Waals surface area contributed by atoms with Crippen LogP contribution in [0, 0.1) is 0 Å². The standard InChI is InChI=1S/C11H13NO3.C4H4O4.C2H6O/c1-7(13)6-15-10-4-2-3-9-8(10)5-11(14)12-9;5-3(6)1-2-4(7)8;1-2-3/h2-4,7,13H,5-6H2,1H3,(H,12,14);1-2H,(H,5,6)(H,7,8);3H,2H2,1H3/b;2-1+;. The van der Waals surface area contributed by atoms with Crippen LogP contribution >= 0.6 is 0 Å². The van der Waals surface area contributed by atoms with Gasteiger partial charge in [0.25, 0.3) is 0 Å². The lowest BCUT2D eigenvalue weighted by Crippen LogP contribution is -2.13. The number of ether oxygens (including phenoxy) is 1. The van der Waals surface area contributed by atoms with E-state index in [1.807, 2.05) is 18.2 Å². The zero-order valence-corrected chi connectivity index (χ0v) is 14.5. The van der Waals surface area contributed by atoms with Gasteiger partial charge in [-0.1, -0.05) is 6.07 Å². The maximum Gasteiger partial charge on any atom is 0.328 e. The smallest absolute Gasteiger partial charge is 0.328 e. The molecule has 0 saturated heterocycles. The first-order valence-corrected chi connectivity index (χ1v) is 7.68. The fraction of sp³-hybridized carbons (Fsp3) is 0.353. The number of amides is 1. The molecule has 26 heavy (non-hydrogen) atoms. The van der Waals surface area contributed by atoms with Crippen molar-refractivity contribution in [3.63, 3.8) is 0 Å². The summed E-state index contributed by atoms with van der Waals surface area (Å²) in [6, 6.07) is 5.47. The highest BCUT2D eigenvalue weighted by atomic mass is 16.5. The lowest BCUT2D eigenvalue weighted by atomic mass is 10.1. The van der Waals surface area contributed by atoms with Crippen LogP contribution in [0.15, 0.2) is 30.4 Å². The number of anilines is 1. The van der Waals surface area contributed by atoms with Crippen molar-refractivity contribution in [3.8, 4) is 5.75 Å². The number of nitrogens with one attached hydrogen (secondary N) is 1. The Kier molecular flexibility index (Phi) is 11.1. The number of hydrogen-bond acceptors (Lipinski definition) is 6. The monoisotopic (exact) mass is 369 g/mol. The van der Waals surface area contributed by atoms with Gasteiger partial charge in [-0.2, -0.15) is 0 Å². The predicted molar refractivity (Wildman–Crippen MR) is 93.1 cm³/mol. The van der Waals surface area contributed by atoms with E-state index in [1.165, 1.54) is 0 Å². The van der Waals surface area contributed by atoms with E-state index in [2.05, 4.69) is 5.32 Å². The van der Waals surface area contributed by atoms with E-state index in [0.29, 0.717) is 24.3 Å². The number of carboxylic acid groups (broad SMARTS) is 2. The molecule has 1 aromatic rings. The second-order valence-corrected chi connectivity index (χ2v) is 4.99. The second kappa shape index (κ2) is 12.5. The highest BCUT2D eigenvalue weighted by molar-refractivity contribution is 6.00. The highest BCUT2D eigenvalue weighted by Gasteiger charge is 2.21. The first-order chi connectivity index (χ1) is 12.2. The predicted octanol–water partition coefficient (Wildman–Crippen LogP) is 0.651. The highest BCUT2D eigenvalue weighted by Crippen LogP contribution is 2.31. The Hall–Kier alpha value is -2.91. The van der Waals surface area contributed by atoms with Crippen LogP contribution in [0.5, 0.6) is 5.75 Å². The Labute approximate surface area is 150 Å². The first-order valence-electron chi connectivity index (χ1n) is 7.68. The molecule has 1 aromatic carbocycles. The molecule has 0 aliphatic carbocycles. The van der Waals surface area contributed by atoms with Crippen molar-refractivity contribution >= 4 is 23.5 Å². The van der Waals surface area contributed by atoms with Crippen molar-refractivity contribution < 1.29 is 39.5 Å². The van der Waals surface area contributed by atoms with Gasteiger partial charge in [0.05, 0.1) is 12.5 Å². The van der Waals surface area contributed by atoms with Crippen LogP contribution in [-0.2, 0) is 20.8 Å². The van der Waals surface area contributed by atoms with Gasteiger partial charge in [0, 0.05) is 30.0 Å². The average molecular weight is 369 g/mol. The summed E-state index contributed by atoms with van der Waals surface area (Å²) in [7, 11) is 0. The molecule has 5 N–H and O–H groups in total. The molecule has 9 nitrogen and oxygen atoms in total. The Morgan fingerprint density at radius 2 is 1.81 bits per heavy atom. The van der Waals surface area contributed by atoms with Gasteiger partial charge in [-0.15, -0.1) is 0 Å². The third kappa shape index (κ3) is 10.1. The summed E-state index contributed by atoms with van der Waals surface area (Å²) in [6.45, 7) is 3.83. The van der Waals surface area contributed by atoms with Crippen LogP contribution in [0.25, 0.3) is 0 Å². The number of rotatable bonds is 5. The van der Waals surface area contributed by atoms with Crippen LogP contribution < -0.4 is 10.1 Å². The van der Waals surface area contributed by atoms with Crippen LogP contribution in [0.3, 0.4) is 0 Å². The minimum atomic E-state index is -1.26. The van der Waals surface area contributed by atoms with Crippen molar-refractivity contribution in [2.24, 2.45) is 0 Å². The van der Waals surface area contributed by atoms with Gasteiger partial charge >= 0.3 is 11.9 Å². The molecule has 9 heteroatoms. The molecule has 0 radical (unpaired) electrons. The lowest BCUT2D eigenvalue weighted by molar-refractivity contribution is -0.134. The zero-order chi connectivity index (χ0) is 20.1. The van der Waals surface area contributed by atoms with E-state index in [4.69, 9.17) is 25.2 Å². The molecule has 0 saturated carbocycles. The molecule has 1 aliphatic heterocycles. The van der Waals surface area contributed by atoms with Crippen molar-refractivity contribution in [1.82, 2.24) is 0 Å². The van der Waals surface area contributed by atoms with E-state index in [0.717, 1.165) is 11.3 Å². The molecule has 0 aromatic heterocycles. The fourth-order valence-electron chi connectivity index (χ4n) is 1.71. The molecule has 0 fully saturated rings. The number of aliphatic hydroxyl groups is 2. The van der Waals surface area contributed by atoms with Gasteiger partial charge in [-0.25, -0.2) is 9.59 Å². The number of carboxylic acids is 2. The van der Waals surface area contributed by atoms with Crippen molar-refractivity contribution in [1.29, 1.82) is 0 Å². The zero-order valence-electron chi connectivity index (χ0n) is 14.5. The molecular formula is C17H23NO8. The third-order valence-corrected chi connectivity index (χ3v) is 2.59. The first kappa shape index (κ1) is 23.1. The van der Waals surface area contributed by atoms with E-state index in [9.17, 15) is 14.4 Å². The number of aliphatic carboxylic acids is 2. The third-order valence-electron chi connectivity index (χ3n) is 2.59. The maximum absolute atomic E-state index is 11.2. The van der Waals surface area contributed by atoms with Crippen molar-refractivity contribution in [2.45, 2.75) is 26.4 Å². The van der Waals surface area contributed by atoms with E-state index in [-0.39, 0.29) is 19.1 Å². The fourth-order valence-corrected chi connectivity index (χ4v) is 1.71. The van der Waals surface area contributed by atoms with Crippen molar-refractivity contribution in [3.05, 3.63) is 35.9 Å². The van der Waals surface area contributed by atoms with Crippen molar-refractivity contribution in [2.75, 3.05) is 18.5 Å². The lowest BCUT2D eigenvalue weighted by Gasteiger charge is -2.10. The van der Waals surface area contributed by atoms with Gasteiger partial charge in [0.2, 0.25) is 5.91 Å². The summed E-state index contributed by atoms with van der Waals surface area (Å²) in [5, 5.41) is 35.0. The van der Waals surface area contributed by atoms with E-state index < -0.39 is 18.0 Å². The molecule has 0 spiro atoms. The molecule has 1 aliphatic rings. The Balaban J connectivity index is 0.000000483. The molecule has 1 atom stereocenters. The summed E-state index contributed by atoms with van der Waals surface area (Å²) >= 11 is 0. The summed E-state index contributed by atoms with van der Waals surface area (Å²) < 4.78 is 5.42. The number of hydrogen-bond donors (Lipinski definition) is 5. The van der Waals surface area contributed by atoms with Crippen LogP contribution in [-0.4, -0.2) is 57.6 Å². The van der Waals surface area contributed by atoms with Gasteiger partial charge < -0.3 is 30.5 Å². The topological polar surface area (TPSA) is 153 Å². The normalized spacial score (nSPS) is 12.7. The number of benzene rings is 1. The van der Waals surface area contributed by atoms with Gasteiger partial charge in [-0.05, 0) is 26.0 Å². The Morgan fingerprint density at radius 3 is 2.27 bits per heavy atom. The Bertz CT molecular complexity index is 624. The quantitative estimate of drug-likeness (QED) is 0.474. The summed E-state index contributed by atoms with van der Waals surface area (Å²) in [5.74, 6) is -1.86. The van der Waals surface area contributed by atoms with Crippen LogP contribution in [0.4, 0.5) is 5.69 Å². The van der Waals surface area contributed by atoms with Gasteiger partial charge in [-0.3, -0.25) is 4.79 Å². The summed E-state index contributed by atoms with van der Waals surface area (Å²) in [5.41, 5.74) is 1.69. The average Bonchev–Trinajstić information content (AvgIpc) is 2.93. The number of aliphatic hydroxyl groups excluding tert-OH is 2. The summed E-state index contributed by atoms with van der Waals surface area (Å²) in [6.07, 6.45) is 0.960. The largest absolute Gasteiger partial charge is 0.491 e. The van der Waals surface area contributed by atoms with Gasteiger partial charge in [0.15, 0.2) is 0 Å². The van der Waals surface area contributed by atoms with Gasteiger partial charge in [0.1, 0.15) is 12.4 Å². The Morgan fingerprint density at radius 1 is 1.27 bits per heavy atom. The number of fused-ring (bicyclic) bond motifs is 1. The maximum atomic E-state index is 11.2. The second-order valence-electron chi connectivity index (χ2n) is 4.99. The molecular weight excluding hydrogens is 346 g/mol. The number of carbonyl (C=O) groups excluding carboxylic acids is 1. The molecule has 1 unspecified atom stereocenters. The number of carbonyl (C=O) groups is 3.